The standard InChI is InChI=1S/C13H18F3N3/c1-10-2-3-12(8-17-10)18-11-4-6-19(7-5-11)9-13(14,15)16/h2-3,8,11,18H,4-7,9H2,1H3. The highest BCUT2D eigenvalue weighted by Gasteiger charge is 2.32. The number of aryl methyl sites for hydroxylation is 1. The van der Waals surface area contributed by atoms with Crippen molar-refractivity contribution < 1.29 is 13.2 Å². The van der Waals surface area contributed by atoms with Crippen molar-refractivity contribution in [3.05, 3.63) is 24.0 Å². The van der Waals surface area contributed by atoms with Crippen LogP contribution >= 0.6 is 0 Å². The predicted molar refractivity (Wildman–Crippen MR) is 68.1 cm³/mol. The number of nitrogens with one attached hydrogen (secondary N) is 1. The Morgan fingerprint density at radius 3 is 2.53 bits per heavy atom. The molecule has 0 saturated carbocycles. The number of alkyl halides is 3. The quantitative estimate of drug-likeness (QED) is 0.918. The zero-order valence-corrected chi connectivity index (χ0v) is 10.9. The number of piperidine rings is 1. The molecular formula is C13H18F3N3. The number of halogens is 3. The number of aromatic nitrogens is 1. The maximum Gasteiger partial charge on any atom is 0.401 e. The molecule has 2 heterocycles. The number of anilines is 1. The number of hydrogen-bond acceptors (Lipinski definition) is 3. The largest absolute Gasteiger partial charge is 0.401 e. The molecule has 0 amide bonds. The van der Waals surface area contributed by atoms with E-state index in [2.05, 4.69) is 10.3 Å². The zero-order valence-electron chi connectivity index (χ0n) is 10.9. The summed E-state index contributed by atoms with van der Waals surface area (Å²) in [5, 5.41) is 3.32. The van der Waals surface area contributed by atoms with Gasteiger partial charge in [-0.05, 0) is 31.9 Å². The number of likely N-dealkylation sites (tertiary alicyclic amines) is 1. The Balaban J connectivity index is 1.79. The lowest BCUT2D eigenvalue weighted by atomic mass is 10.0. The van der Waals surface area contributed by atoms with Crippen molar-refractivity contribution in [3.63, 3.8) is 0 Å². The van der Waals surface area contributed by atoms with Gasteiger partial charge in [-0.25, -0.2) is 0 Å². The Hall–Kier alpha value is -1.30. The summed E-state index contributed by atoms with van der Waals surface area (Å²) >= 11 is 0. The Kier molecular flexibility index (Phi) is 4.29. The Morgan fingerprint density at radius 1 is 1.32 bits per heavy atom. The van der Waals surface area contributed by atoms with E-state index in [1.807, 2.05) is 19.1 Å². The van der Waals surface area contributed by atoms with E-state index >= 15 is 0 Å². The lowest BCUT2D eigenvalue weighted by Crippen LogP contribution is -2.43. The molecule has 1 aromatic heterocycles. The lowest BCUT2D eigenvalue weighted by Gasteiger charge is -2.33. The molecule has 0 bridgehead atoms. The van der Waals surface area contributed by atoms with Crippen LogP contribution in [-0.4, -0.2) is 41.7 Å². The first-order chi connectivity index (χ1) is 8.92. The molecule has 1 fully saturated rings. The van der Waals surface area contributed by atoms with Crippen LogP contribution in [0.5, 0.6) is 0 Å². The van der Waals surface area contributed by atoms with Gasteiger partial charge in [0.15, 0.2) is 0 Å². The van der Waals surface area contributed by atoms with E-state index in [9.17, 15) is 13.2 Å². The van der Waals surface area contributed by atoms with Gasteiger partial charge in [0.25, 0.3) is 0 Å². The molecule has 1 N–H and O–H groups in total. The first-order valence-electron chi connectivity index (χ1n) is 6.41. The second kappa shape index (κ2) is 5.77. The summed E-state index contributed by atoms with van der Waals surface area (Å²) in [4.78, 5) is 5.65. The number of rotatable bonds is 3. The van der Waals surface area contributed by atoms with Crippen molar-refractivity contribution in [3.8, 4) is 0 Å². The molecule has 0 aliphatic carbocycles. The van der Waals surface area contributed by atoms with Crippen LogP contribution < -0.4 is 5.32 Å². The topological polar surface area (TPSA) is 28.2 Å². The molecule has 1 saturated heterocycles. The third kappa shape index (κ3) is 4.70. The molecule has 19 heavy (non-hydrogen) atoms. The van der Waals surface area contributed by atoms with Gasteiger partial charge in [0.2, 0.25) is 0 Å². The third-order valence-corrected chi connectivity index (χ3v) is 3.27. The molecule has 0 atom stereocenters. The fraction of sp³-hybridized carbons (Fsp3) is 0.615. The van der Waals surface area contributed by atoms with Crippen molar-refractivity contribution in [1.82, 2.24) is 9.88 Å². The van der Waals surface area contributed by atoms with Gasteiger partial charge in [-0.3, -0.25) is 9.88 Å². The molecular weight excluding hydrogens is 255 g/mol. The normalized spacial score (nSPS) is 18.5. The summed E-state index contributed by atoms with van der Waals surface area (Å²) < 4.78 is 36.8. The van der Waals surface area contributed by atoms with Crippen LogP contribution in [0.2, 0.25) is 0 Å². The zero-order chi connectivity index (χ0) is 13.9. The summed E-state index contributed by atoms with van der Waals surface area (Å²) in [7, 11) is 0. The van der Waals surface area contributed by atoms with Gasteiger partial charge in [-0.1, -0.05) is 0 Å². The second-order valence-electron chi connectivity index (χ2n) is 5.00. The maximum atomic E-state index is 12.3. The fourth-order valence-electron chi connectivity index (χ4n) is 2.28. The van der Waals surface area contributed by atoms with E-state index in [4.69, 9.17) is 0 Å². The van der Waals surface area contributed by atoms with Gasteiger partial charge in [0.1, 0.15) is 0 Å². The van der Waals surface area contributed by atoms with Crippen LogP contribution in [0.1, 0.15) is 18.5 Å². The molecule has 6 heteroatoms. The van der Waals surface area contributed by atoms with Crippen molar-refractivity contribution in [1.29, 1.82) is 0 Å². The molecule has 0 radical (unpaired) electrons. The van der Waals surface area contributed by atoms with Crippen LogP contribution in [0, 0.1) is 6.92 Å². The monoisotopic (exact) mass is 273 g/mol. The minimum atomic E-state index is -4.10. The average Bonchev–Trinajstić information content (AvgIpc) is 2.33. The molecule has 0 spiro atoms. The first kappa shape index (κ1) is 14.1. The van der Waals surface area contributed by atoms with E-state index in [0.29, 0.717) is 13.1 Å². The summed E-state index contributed by atoms with van der Waals surface area (Å²) in [5.74, 6) is 0. The molecule has 106 valence electrons. The average molecular weight is 273 g/mol. The molecule has 3 nitrogen and oxygen atoms in total. The van der Waals surface area contributed by atoms with Crippen LogP contribution in [0.3, 0.4) is 0 Å². The van der Waals surface area contributed by atoms with Crippen molar-refractivity contribution >= 4 is 5.69 Å². The van der Waals surface area contributed by atoms with E-state index in [1.54, 1.807) is 6.20 Å². The van der Waals surface area contributed by atoms with E-state index in [0.717, 1.165) is 24.2 Å². The molecule has 1 aliphatic heterocycles. The van der Waals surface area contributed by atoms with Gasteiger partial charge in [0, 0.05) is 24.8 Å². The molecule has 0 unspecified atom stereocenters. The number of pyridine rings is 1. The third-order valence-electron chi connectivity index (χ3n) is 3.27. The minimum Gasteiger partial charge on any atom is -0.381 e. The predicted octanol–water partition coefficient (Wildman–Crippen LogP) is 2.83. The smallest absolute Gasteiger partial charge is 0.381 e. The van der Waals surface area contributed by atoms with Gasteiger partial charge >= 0.3 is 6.18 Å². The highest BCUT2D eigenvalue weighted by atomic mass is 19.4. The van der Waals surface area contributed by atoms with Crippen LogP contribution in [-0.2, 0) is 0 Å². The van der Waals surface area contributed by atoms with E-state index < -0.39 is 12.7 Å². The Bertz CT molecular complexity index is 395. The maximum absolute atomic E-state index is 12.3. The number of nitrogens with zero attached hydrogens (tertiary/aromatic N) is 2. The fourth-order valence-corrected chi connectivity index (χ4v) is 2.28. The molecule has 2 rings (SSSR count). The molecule has 1 aliphatic rings. The second-order valence-corrected chi connectivity index (χ2v) is 5.00. The van der Waals surface area contributed by atoms with Crippen LogP contribution in [0.25, 0.3) is 0 Å². The van der Waals surface area contributed by atoms with Gasteiger partial charge in [-0.2, -0.15) is 13.2 Å². The highest BCUT2D eigenvalue weighted by molar-refractivity contribution is 5.41. The highest BCUT2D eigenvalue weighted by Crippen LogP contribution is 2.21. The summed E-state index contributed by atoms with van der Waals surface area (Å²) in [6.07, 6.45) is -0.882. The minimum absolute atomic E-state index is 0.231. The SMILES string of the molecule is Cc1ccc(NC2CCN(CC(F)(F)F)CC2)cn1. The van der Waals surface area contributed by atoms with Crippen molar-refractivity contribution in [2.75, 3.05) is 25.0 Å². The van der Waals surface area contributed by atoms with E-state index in [-0.39, 0.29) is 6.04 Å². The van der Waals surface area contributed by atoms with Crippen molar-refractivity contribution in [2.45, 2.75) is 32.0 Å². The van der Waals surface area contributed by atoms with Crippen LogP contribution in [0.4, 0.5) is 18.9 Å². The van der Waals surface area contributed by atoms with Gasteiger partial charge < -0.3 is 5.32 Å². The molecule has 1 aromatic rings. The summed E-state index contributed by atoms with van der Waals surface area (Å²) in [5.41, 5.74) is 1.88. The summed E-state index contributed by atoms with van der Waals surface area (Å²) in [6.45, 7) is 2.08. The summed E-state index contributed by atoms with van der Waals surface area (Å²) in [6, 6.07) is 4.10. The Morgan fingerprint density at radius 2 is 2.00 bits per heavy atom. The number of hydrogen-bond donors (Lipinski definition) is 1. The van der Waals surface area contributed by atoms with Crippen molar-refractivity contribution in [2.24, 2.45) is 0 Å². The molecule has 0 aromatic carbocycles. The van der Waals surface area contributed by atoms with E-state index in [1.165, 1.54) is 4.90 Å². The first-order valence-corrected chi connectivity index (χ1v) is 6.41. The lowest BCUT2D eigenvalue weighted by molar-refractivity contribution is -0.147. The van der Waals surface area contributed by atoms with Gasteiger partial charge in [0.05, 0.1) is 18.4 Å². The van der Waals surface area contributed by atoms with Gasteiger partial charge in [-0.15, -0.1) is 0 Å². The van der Waals surface area contributed by atoms with Crippen LogP contribution in [0.15, 0.2) is 18.3 Å². The Labute approximate surface area is 110 Å².